The number of rotatable bonds is 5. The largest absolute Gasteiger partial charge is 0.299 e. The molecule has 0 radical (unpaired) electrons. The van der Waals surface area contributed by atoms with Crippen LogP contribution in [-0.4, -0.2) is 17.8 Å². The maximum Gasteiger partial charge on any atom is 0.138 e. The highest BCUT2D eigenvalue weighted by atomic mass is 32.2. The fraction of sp³-hybridized carbons (Fsp3) is 0.462. The second kappa shape index (κ2) is 5.96. The maximum absolute atomic E-state index is 11.6. The molecule has 0 heterocycles. The molecular weight excluding hydrogens is 204 g/mol. The number of hydrogen-bond acceptors (Lipinski definition) is 2. The predicted molar refractivity (Wildman–Crippen MR) is 67.6 cm³/mol. The van der Waals surface area contributed by atoms with E-state index in [1.807, 2.05) is 6.26 Å². The van der Waals surface area contributed by atoms with Gasteiger partial charge in [-0.15, -0.1) is 0 Å². The van der Waals surface area contributed by atoms with Crippen molar-refractivity contribution in [2.24, 2.45) is 0 Å². The van der Waals surface area contributed by atoms with Gasteiger partial charge in [-0.05, 0) is 31.4 Å². The molecule has 0 aliphatic carbocycles. The van der Waals surface area contributed by atoms with E-state index in [0.717, 1.165) is 11.3 Å². The summed E-state index contributed by atoms with van der Waals surface area (Å²) in [5.74, 6) is 1.28. The van der Waals surface area contributed by atoms with Gasteiger partial charge in [0.15, 0.2) is 0 Å². The van der Waals surface area contributed by atoms with E-state index in [9.17, 15) is 4.79 Å². The molecule has 0 aromatic heterocycles. The average molecular weight is 222 g/mol. The van der Waals surface area contributed by atoms with Crippen LogP contribution in [0.1, 0.15) is 23.1 Å². The lowest BCUT2D eigenvalue weighted by Gasteiger charge is -2.04. The number of Topliss-reactive ketones (excluding diaryl/α,β-unsaturated/α-hetero) is 1. The Bertz CT molecular complexity index is 324. The smallest absolute Gasteiger partial charge is 0.138 e. The molecule has 0 amide bonds. The topological polar surface area (TPSA) is 17.1 Å². The van der Waals surface area contributed by atoms with Crippen molar-refractivity contribution in [2.75, 3.05) is 12.0 Å². The summed E-state index contributed by atoms with van der Waals surface area (Å²) in [7, 11) is 0. The molecule has 0 N–H and O–H groups in total. The molecule has 0 aliphatic heterocycles. The van der Waals surface area contributed by atoms with Gasteiger partial charge >= 0.3 is 0 Å². The van der Waals surface area contributed by atoms with Crippen LogP contribution in [0.25, 0.3) is 0 Å². The zero-order chi connectivity index (χ0) is 11.3. The van der Waals surface area contributed by atoms with Gasteiger partial charge in [0.05, 0.1) is 0 Å². The monoisotopic (exact) mass is 222 g/mol. The van der Waals surface area contributed by atoms with E-state index < -0.39 is 0 Å². The van der Waals surface area contributed by atoms with E-state index >= 15 is 0 Å². The number of carbonyl (C=O) groups is 1. The summed E-state index contributed by atoms with van der Waals surface area (Å²) in [5, 5.41) is 0. The van der Waals surface area contributed by atoms with Gasteiger partial charge in [0.2, 0.25) is 0 Å². The summed E-state index contributed by atoms with van der Waals surface area (Å²) in [6.07, 6.45) is 3.31. The fourth-order valence-corrected chi connectivity index (χ4v) is 2.13. The highest BCUT2D eigenvalue weighted by Crippen LogP contribution is 2.11. The quantitative estimate of drug-likeness (QED) is 0.761. The first-order valence-electron chi connectivity index (χ1n) is 5.19. The van der Waals surface area contributed by atoms with Gasteiger partial charge in [0.25, 0.3) is 0 Å². The van der Waals surface area contributed by atoms with Crippen LogP contribution in [0, 0.1) is 13.8 Å². The molecule has 82 valence electrons. The normalized spacial score (nSPS) is 10.3. The number of aryl methyl sites for hydroxylation is 2. The van der Waals surface area contributed by atoms with Crippen LogP contribution in [0.3, 0.4) is 0 Å². The van der Waals surface area contributed by atoms with E-state index in [2.05, 4.69) is 32.0 Å². The van der Waals surface area contributed by atoms with Gasteiger partial charge in [0, 0.05) is 12.8 Å². The molecule has 1 rings (SSSR count). The van der Waals surface area contributed by atoms with Crippen LogP contribution < -0.4 is 0 Å². The molecule has 0 spiro atoms. The van der Waals surface area contributed by atoms with E-state index in [-0.39, 0.29) is 0 Å². The summed E-state index contributed by atoms with van der Waals surface area (Å²) in [6.45, 7) is 4.14. The van der Waals surface area contributed by atoms with Crippen LogP contribution in [0.5, 0.6) is 0 Å². The Morgan fingerprint density at radius 3 is 2.33 bits per heavy atom. The van der Waals surface area contributed by atoms with Crippen molar-refractivity contribution < 1.29 is 4.79 Å². The molecule has 0 bridgehead atoms. The van der Waals surface area contributed by atoms with Crippen LogP contribution in [-0.2, 0) is 11.2 Å². The van der Waals surface area contributed by atoms with Gasteiger partial charge in [-0.3, -0.25) is 4.79 Å². The lowest BCUT2D eigenvalue weighted by atomic mass is 10.0. The van der Waals surface area contributed by atoms with Crippen molar-refractivity contribution in [3.8, 4) is 0 Å². The highest BCUT2D eigenvalue weighted by Gasteiger charge is 2.04. The molecule has 1 aromatic rings. The third-order valence-electron chi connectivity index (χ3n) is 2.27. The van der Waals surface area contributed by atoms with Gasteiger partial charge in [0.1, 0.15) is 5.78 Å². The second-order valence-corrected chi connectivity index (χ2v) is 4.94. The minimum absolute atomic E-state index is 0.342. The minimum atomic E-state index is 0.342. The van der Waals surface area contributed by atoms with Gasteiger partial charge in [-0.2, -0.15) is 11.8 Å². The number of ketones is 1. The summed E-state index contributed by atoms with van der Waals surface area (Å²) in [4.78, 5) is 11.6. The van der Waals surface area contributed by atoms with Crippen LogP contribution in [0.4, 0.5) is 0 Å². The first-order valence-corrected chi connectivity index (χ1v) is 6.59. The number of carbonyl (C=O) groups excluding carboxylic acids is 1. The molecule has 0 saturated heterocycles. The molecule has 2 heteroatoms. The molecule has 0 unspecified atom stereocenters. The highest BCUT2D eigenvalue weighted by molar-refractivity contribution is 7.98. The molecule has 1 aromatic carbocycles. The summed E-state index contributed by atoms with van der Waals surface area (Å²) < 4.78 is 0. The fourth-order valence-electron chi connectivity index (χ4n) is 1.70. The van der Waals surface area contributed by atoms with Crippen molar-refractivity contribution in [3.05, 3.63) is 34.9 Å². The standard InChI is InChI=1S/C13H18OS/c1-10-6-11(2)8-12(7-10)9-13(14)4-5-15-3/h6-8H,4-5,9H2,1-3H3. The zero-order valence-corrected chi connectivity index (χ0v) is 10.5. The minimum Gasteiger partial charge on any atom is -0.299 e. The first-order chi connectivity index (χ1) is 7.11. The number of benzene rings is 1. The van der Waals surface area contributed by atoms with Crippen LogP contribution >= 0.6 is 11.8 Å². The van der Waals surface area contributed by atoms with E-state index in [4.69, 9.17) is 0 Å². The molecule has 15 heavy (non-hydrogen) atoms. The second-order valence-electron chi connectivity index (χ2n) is 3.95. The van der Waals surface area contributed by atoms with Crippen molar-refractivity contribution in [1.29, 1.82) is 0 Å². The molecule has 0 fully saturated rings. The van der Waals surface area contributed by atoms with Crippen molar-refractivity contribution in [3.63, 3.8) is 0 Å². The Kier molecular flexibility index (Phi) is 4.89. The Morgan fingerprint density at radius 1 is 1.20 bits per heavy atom. The predicted octanol–water partition coefficient (Wildman–Crippen LogP) is 3.17. The first kappa shape index (κ1) is 12.3. The lowest BCUT2D eigenvalue weighted by molar-refractivity contribution is -0.118. The Balaban J connectivity index is 2.60. The zero-order valence-electron chi connectivity index (χ0n) is 9.67. The van der Waals surface area contributed by atoms with Crippen LogP contribution in [0.2, 0.25) is 0 Å². The maximum atomic E-state index is 11.6. The SMILES string of the molecule is CSCCC(=O)Cc1cc(C)cc(C)c1. The summed E-state index contributed by atoms with van der Waals surface area (Å²) >= 11 is 1.73. The summed E-state index contributed by atoms with van der Waals surface area (Å²) in [6, 6.07) is 6.34. The Labute approximate surface area is 96.3 Å². The average Bonchev–Trinajstić information content (AvgIpc) is 2.13. The van der Waals surface area contributed by atoms with E-state index in [0.29, 0.717) is 18.6 Å². The Morgan fingerprint density at radius 2 is 1.80 bits per heavy atom. The van der Waals surface area contributed by atoms with Gasteiger partial charge < -0.3 is 0 Å². The molecule has 0 atom stereocenters. The van der Waals surface area contributed by atoms with Crippen molar-refractivity contribution in [2.45, 2.75) is 26.7 Å². The summed E-state index contributed by atoms with van der Waals surface area (Å²) in [5.41, 5.74) is 3.63. The molecular formula is C13H18OS. The van der Waals surface area contributed by atoms with E-state index in [1.54, 1.807) is 11.8 Å². The molecule has 1 nitrogen and oxygen atoms in total. The number of thioether (sulfide) groups is 1. The van der Waals surface area contributed by atoms with Crippen molar-refractivity contribution in [1.82, 2.24) is 0 Å². The Hall–Kier alpha value is -0.760. The van der Waals surface area contributed by atoms with Crippen molar-refractivity contribution >= 4 is 17.5 Å². The van der Waals surface area contributed by atoms with Crippen LogP contribution in [0.15, 0.2) is 18.2 Å². The molecule has 0 aliphatic rings. The van der Waals surface area contributed by atoms with Gasteiger partial charge in [-0.1, -0.05) is 29.3 Å². The van der Waals surface area contributed by atoms with E-state index in [1.165, 1.54) is 11.1 Å². The number of hydrogen-bond donors (Lipinski definition) is 0. The lowest BCUT2D eigenvalue weighted by Crippen LogP contribution is -2.04. The third kappa shape index (κ3) is 4.52. The third-order valence-corrected chi connectivity index (χ3v) is 2.88. The molecule has 0 saturated carbocycles. The van der Waals surface area contributed by atoms with Gasteiger partial charge in [-0.25, -0.2) is 0 Å².